The first kappa shape index (κ1) is 21.4. The number of pyridine rings is 1. The van der Waals surface area contributed by atoms with Crippen LogP contribution in [-0.4, -0.2) is 63.3 Å². The highest BCUT2D eigenvalue weighted by Gasteiger charge is 2.47. The number of hydrogen-bond acceptors (Lipinski definition) is 8. The monoisotopic (exact) mass is 476 g/mol. The zero-order valence-electron chi connectivity index (χ0n) is 18.1. The van der Waals surface area contributed by atoms with E-state index in [1.807, 2.05) is 4.90 Å². The summed E-state index contributed by atoms with van der Waals surface area (Å²) in [7, 11) is 0. The molecule has 0 aromatic carbocycles. The van der Waals surface area contributed by atoms with Crippen molar-refractivity contribution < 1.29 is 27.8 Å². The molecule has 1 saturated carbocycles. The van der Waals surface area contributed by atoms with Crippen molar-refractivity contribution in [3.05, 3.63) is 29.7 Å². The maximum Gasteiger partial charge on any atom is 0.433 e. The number of aliphatic hydroxyl groups is 1. The number of hydrogen-bond donors (Lipinski definition) is 2. The highest BCUT2D eigenvalue weighted by atomic mass is 19.4. The van der Waals surface area contributed by atoms with Gasteiger partial charge in [-0.2, -0.15) is 18.2 Å². The molecule has 1 saturated heterocycles. The number of amides is 1. The molecule has 12 heteroatoms. The number of nitrogens with zero attached hydrogens (tertiary/aromatic N) is 5. The van der Waals surface area contributed by atoms with Crippen molar-refractivity contribution in [2.75, 3.05) is 28.2 Å². The maximum atomic E-state index is 12.9. The molecule has 5 heterocycles. The summed E-state index contributed by atoms with van der Waals surface area (Å²) in [5.74, 6) is 1.47. The van der Waals surface area contributed by atoms with Crippen LogP contribution in [-0.2, 0) is 17.4 Å². The van der Waals surface area contributed by atoms with Gasteiger partial charge in [0.05, 0.1) is 18.0 Å². The maximum absolute atomic E-state index is 12.9. The molecule has 0 bridgehead atoms. The molecule has 3 aliphatic heterocycles. The summed E-state index contributed by atoms with van der Waals surface area (Å²) in [6, 6.07) is 1.85. The third-order valence-electron chi connectivity index (χ3n) is 6.86. The van der Waals surface area contributed by atoms with Gasteiger partial charge in [-0.3, -0.25) is 4.79 Å². The van der Waals surface area contributed by atoms with Gasteiger partial charge in [-0.1, -0.05) is 0 Å². The molecule has 2 N–H and O–H groups in total. The van der Waals surface area contributed by atoms with E-state index in [1.54, 1.807) is 4.90 Å². The summed E-state index contributed by atoms with van der Waals surface area (Å²) in [4.78, 5) is 29.4. The second-order valence-electron chi connectivity index (χ2n) is 9.25. The molecule has 0 unspecified atom stereocenters. The number of carbonyl (C=O) groups is 1. The van der Waals surface area contributed by atoms with E-state index in [4.69, 9.17) is 9.72 Å². The number of fused-ring (bicyclic) bond motifs is 2. The summed E-state index contributed by atoms with van der Waals surface area (Å²) in [5, 5.41) is 13.5. The highest BCUT2D eigenvalue weighted by molar-refractivity contribution is 6.06. The van der Waals surface area contributed by atoms with E-state index in [-0.39, 0.29) is 18.1 Å². The third-order valence-corrected chi connectivity index (χ3v) is 6.86. The minimum atomic E-state index is -4.48. The number of alkyl halides is 3. The first-order valence-electron chi connectivity index (χ1n) is 11.4. The second-order valence-corrected chi connectivity index (χ2v) is 9.25. The average molecular weight is 476 g/mol. The van der Waals surface area contributed by atoms with Crippen LogP contribution < -0.4 is 19.9 Å². The quantitative estimate of drug-likeness (QED) is 0.692. The molecule has 2 aromatic rings. The number of anilines is 3. The number of nitrogens with one attached hydrogen (secondary N) is 1. The molecule has 1 amide bonds. The first-order chi connectivity index (χ1) is 16.3. The number of aryl methyl sites for hydroxylation is 1. The molecule has 180 valence electrons. The summed E-state index contributed by atoms with van der Waals surface area (Å²) >= 11 is 0. The van der Waals surface area contributed by atoms with Crippen molar-refractivity contribution in [2.45, 2.75) is 62.6 Å². The molecule has 2 aromatic heterocycles. The average Bonchev–Trinajstić information content (AvgIpc) is 3.17. The van der Waals surface area contributed by atoms with Gasteiger partial charge in [0, 0.05) is 38.4 Å². The Balaban J connectivity index is 1.14. The summed E-state index contributed by atoms with van der Waals surface area (Å²) in [6.45, 7) is 1.00. The van der Waals surface area contributed by atoms with E-state index >= 15 is 0 Å². The summed E-state index contributed by atoms with van der Waals surface area (Å²) < 4.78 is 43.7. The van der Waals surface area contributed by atoms with E-state index in [1.165, 1.54) is 6.07 Å². The lowest BCUT2D eigenvalue weighted by molar-refractivity contribution is -0.141. The molecule has 1 aliphatic carbocycles. The smallest absolute Gasteiger partial charge is 0.433 e. The van der Waals surface area contributed by atoms with Crippen molar-refractivity contribution in [1.29, 1.82) is 0 Å². The van der Waals surface area contributed by atoms with Crippen LogP contribution in [0.15, 0.2) is 18.3 Å². The van der Waals surface area contributed by atoms with E-state index < -0.39 is 24.0 Å². The Morgan fingerprint density at radius 3 is 2.74 bits per heavy atom. The molecule has 0 spiro atoms. The Kier molecular flexibility index (Phi) is 4.84. The second kappa shape index (κ2) is 7.69. The predicted octanol–water partition coefficient (Wildman–Crippen LogP) is 2.14. The number of halogens is 3. The fourth-order valence-corrected chi connectivity index (χ4v) is 5.17. The molecule has 2 fully saturated rings. The summed E-state index contributed by atoms with van der Waals surface area (Å²) in [6.07, 6.45) is -0.827. The summed E-state index contributed by atoms with van der Waals surface area (Å²) in [5.41, 5.74) is 0.640. The fraction of sp³-hybridized carbons (Fsp3) is 0.545. The Labute approximate surface area is 193 Å². The lowest BCUT2D eigenvalue weighted by Crippen LogP contribution is -2.53. The topological polar surface area (TPSA) is 104 Å². The molecule has 9 nitrogen and oxygen atoms in total. The Morgan fingerprint density at radius 1 is 1.18 bits per heavy atom. The Morgan fingerprint density at radius 2 is 2.00 bits per heavy atom. The third kappa shape index (κ3) is 3.60. The Bertz CT molecular complexity index is 1120. The van der Waals surface area contributed by atoms with Crippen LogP contribution in [0.25, 0.3) is 0 Å². The minimum absolute atomic E-state index is 0.00560. The van der Waals surface area contributed by atoms with Crippen molar-refractivity contribution >= 4 is 23.4 Å². The number of aromatic nitrogens is 3. The van der Waals surface area contributed by atoms with Gasteiger partial charge in [0.2, 0.25) is 11.9 Å². The van der Waals surface area contributed by atoms with Crippen molar-refractivity contribution in [3.8, 4) is 5.75 Å². The minimum Gasteiger partial charge on any atom is -0.489 e. The van der Waals surface area contributed by atoms with Crippen LogP contribution >= 0.6 is 0 Å². The molecule has 6 rings (SSSR count). The van der Waals surface area contributed by atoms with Crippen LogP contribution in [0.2, 0.25) is 0 Å². The number of ether oxygens (including phenoxy) is 1. The van der Waals surface area contributed by atoms with Crippen LogP contribution in [0.4, 0.5) is 30.6 Å². The van der Waals surface area contributed by atoms with Gasteiger partial charge in [-0.25, -0.2) is 9.97 Å². The van der Waals surface area contributed by atoms with Crippen molar-refractivity contribution in [2.24, 2.45) is 0 Å². The van der Waals surface area contributed by atoms with Gasteiger partial charge in [0.15, 0.2) is 5.82 Å². The van der Waals surface area contributed by atoms with Crippen LogP contribution in [0.3, 0.4) is 0 Å². The zero-order valence-corrected chi connectivity index (χ0v) is 18.1. The standard InChI is InChI=1S/C22H23F3N6O3/c23-22(24,25)17-4-3-13(9-26-17)34-14-6-11(7-14)27-21-28-15-2-1-5-30-18(15)19(29-21)31-10-12(32)8-16(31)20(30)33/h3-4,9,11-12,14,16,32H,1-2,5-8,10H2,(H,27,28,29)/t11-,12-,14+,16-/m0/s1. The first-order valence-corrected chi connectivity index (χ1v) is 11.4. The fourth-order valence-electron chi connectivity index (χ4n) is 5.17. The molecular weight excluding hydrogens is 453 g/mol. The van der Waals surface area contributed by atoms with Crippen LogP contribution in [0.1, 0.15) is 37.1 Å². The Hall–Kier alpha value is -3.15. The lowest BCUT2D eigenvalue weighted by atomic mass is 9.89. The van der Waals surface area contributed by atoms with Gasteiger partial charge >= 0.3 is 6.18 Å². The normalized spacial score (nSPS) is 27.7. The highest BCUT2D eigenvalue weighted by Crippen LogP contribution is 2.43. The predicted molar refractivity (Wildman–Crippen MR) is 115 cm³/mol. The molecular formula is C22H23F3N6O3. The van der Waals surface area contributed by atoms with Crippen LogP contribution in [0.5, 0.6) is 5.75 Å². The molecule has 4 aliphatic rings. The van der Waals surface area contributed by atoms with E-state index in [9.17, 15) is 23.1 Å². The molecule has 2 atom stereocenters. The zero-order chi connectivity index (χ0) is 23.6. The number of carbonyl (C=O) groups excluding carboxylic acids is 1. The van der Waals surface area contributed by atoms with Gasteiger partial charge in [-0.05, 0) is 25.0 Å². The van der Waals surface area contributed by atoms with Gasteiger partial charge in [0.1, 0.15) is 29.3 Å². The molecule has 34 heavy (non-hydrogen) atoms. The van der Waals surface area contributed by atoms with Crippen LogP contribution in [0, 0.1) is 0 Å². The largest absolute Gasteiger partial charge is 0.489 e. The molecule has 0 radical (unpaired) electrons. The SMILES string of the molecule is O=C1[C@@H]2C[C@H](O)CN2c2nc(N[C@H]3C[C@@H](Oc4ccc(C(F)(F)F)nc4)C3)nc3c2N1CCC3. The number of aliphatic hydroxyl groups excluding tert-OH is 1. The van der Waals surface area contributed by atoms with E-state index in [0.29, 0.717) is 49.9 Å². The lowest BCUT2D eigenvalue weighted by Gasteiger charge is -2.41. The van der Waals surface area contributed by atoms with E-state index in [0.717, 1.165) is 36.5 Å². The number of rotatable bonds is 4. The van der Waals surface area contributed by atoms with E-state index in [2.05, 4.69) is 15.3 Å². The van der Waals surface area contributed by atoms with Crippen molar-refractivity contribution in [3.63, 3.8) is 0 Å². The van der Waals surface area contributed by atoms with Crippen molar-refractivity contribution in [1.82, 2.24) is 15.0 Å². The van der Waals surface area contributed by atoms with Gasteiger partial charge in [0.25, 0.3) is 0 Å². The van der Waals surface area contributed by atoms with Gasteiger partial charge in [-0.15, -0.1) is 0 Å². The van der Waals surface area contributed by atoms with Gasteiger partial charge < -0.3 is 25.0 Å².